The molecule has 158 valence electrons. The second-order valence-corrected chi connectivity index (χ2v) is 7.06. The minimum Gasteiger partial charge on any atom is -0.356 e. The molecule has 0 atom stereocenters. The van der Waals surface area contributed by atoms with Crippen LogP contribution in [0.1, 0.15) is 23.2 Å². The summed E-state index contributed by atoms with van der Waals surface area (Å²) in [6, 6.07) is 9.71. The van der Waals surface area contributed by atoms with Crippen LogP contribution in [0.3, 0.4) is 0 Å². The Morgan fingerprint density at radius 3 is 2.55 bits per heavy atom. The summed E-state index contributed by atoms with van der Waals surface area (Å²) in [5, 5.41) is 7.31. The summed E-state index contributed by atoms with van der Waals surface area (Å²) in [6.45, 7) is 3.43. The third-order valence-electron chi connectivity index (χ3n) is 4.05. The molecule has 2 N–H and O–H groups in total. The molecule has 0 unspecified atom stereocenters. The summed E-state index contributed by atoms with van der Waals surface area (Å²) in [5.74, 6) is 0.329. The Morgan fingerprint density at radius 2 is 1.97 bits per heavy atom. The predicted octanol–water partition coefficient (Wildman–Crippen LogP) is 2.92. The van der Waals surface area contributed by atoms with E-state index in [9.17, 15) is 18.0 Å². The summed E-state index contributed by atoms with van der Waals surface area (Å²) in [7, 11) is 1.56. The molecular weight excluding hydrogens is 403 g/mol. The van der Waals surface area contributed by atoms with Gasteiger partial charge >= 0.3 is 6.18 Å². The molecule has 1 aromatic carbocycles. The van der Waals surface area contributed by atoms with E-state index >= 15 is 0 Å². The van der Waals surface area contributed by atoms with E-state index < -0.39 is 11.9 Å². The number of amides is 1. The number of guanidine groups is 1. The molecule has 2 aromatic rings. The normalized spacial score (nSPS) is 12.0. The quantitative estimate of drug-likeness (QED) is 0.502. The van der Waals surface area contributed by atoms with Crippen molar-refractivity contribution < 1.29 is 18.0 Å². The Hall–Kier alpha value is -2.62. The number of hydrogen-bond donors (Lipinski definition) is 2. The molecule has 29 heavy (non-hydrogen) atoms. The van der Waals surface area contributed by atoms with E-state index in [0.29, 0.717) is 37.0 Å². The highest BCUT2D eigenvalue weighted by atomic mass is 32.1. The molecule has 10 heteroatoms. The van der Waals surface area contributed by atoms with Crippen LogP contribution in [0.15, 0.2) is 40.7 Å². The van der Waals surface area contributed by atoms with Gasteiger partial charge in [0.05, 0.1) is 11.6 Å². The van der Waals surface area contributed by atoms with E-state index in [-0.39, 0.29) is 12.5 Å². The van der Waals surface area contributed by atoms with Crippen molar-refractivity contribution in [1.29, 1.82) is 0 Å². The van der Waals surface area contributed by atoms with Crippen LogP contribution < -0.4 is 10.6 Å². The van der Waals surface area contributed by atoms with Gasteiger partial charge in [-0.2, -0.15) is 13.2 Å². The maximum absolute atomic E-state index is 12.6. The molecule has 0 aliphatic heterocycles. The zero-order valence-electron chi connectivity index (χ0n) is 16.3. The van der Waals surface area contributed by atoms with E-state index in [2.05, 4.69) is 20.6 Å². The largest absolute Gasteiger partial charge is 0.434 e. The van der Waals surface area contributed by atoms with E-state index in [1.165, 1.54) is 0 Å². The summed E-state index contributed by atoms with van der Waals surface area (Å²) < 4.78 is 37.7. The van der Waals surface area contributed by atoms with Gasteiger partial charge in [-0.3, -0.25) is 9.79 Å². The number of aromatic nitrogens is 1. The number of nitrogens with one attached hydrogen (secondary N) is 2. The number of benzene rings is 1. The van der Waals surface area contributed by atoms with Crippen LogP contribution in [0.2, 0.25) is 0 Å². The molecule has 1 amide bonds. The van der Waals surface area contributed by atoms with Crippen LogP contribution in [0.5, 0.6) is 0 Å². The maximum Gasteiger partial charge on any atom is 0.434 e. The van der Waals surface area contributed by atoms with E-state index in [1.807, 2.05) is 37.3 Å². The third-order valence-corrected chi connectivity index (χ3v) is 4.96. The Balaban J connectivity index is 1.77. The number of thiazole rings is 1. The van der Waals surface area contributed by atoms with Crippen molar-refractivity contribution >= 4 is 23.2 Å². The molecule has 0 saturated heterocycles. The van der Waals surface area contributed by atoms with Gasteiger partial charge < -0.3 is 15.5 Å². The molecule has 0 fully saturated rings. The second-order valence-electron chi connectivity index (χ2n) is 6.12. The van der Waals surface area contributed by atoms with Crippen molar-refractivity contribution in [1.82, 2.24) is 20.5 Å². The molecule has 1 heterocycles. The molecule has 0 bridgehead atoms. The van der Waals surface area contributed by atoms with E-state index in [1.54, 1.807) is 11.9 Å². The Morgan fingerprint density at radius 1 is 1.24 bits per heavy atom. The number of alkyl halides is 3. The fraction of sp³-hybridized carbons (Fsp3) is 0.421. The summed E-state index contributed by atoms with van der Waals surface area (Å²) in [4.78, 5) is 21.8. The molecular formula is C19H24F3N5OS. The van der Waals surface area contributed by atoms with Crippen molar-refractivity contribution in [3.63, 3.8) is 0 Å². The zero-order chi connectivity index (χ0) is 21.3. The van der Waals surface area contributed by atoms with Crippen LogP contribution >= 0.6 is 11.3 Å². The molecule has 0 aliphatic rings. The minimum atomic E-state index is -4.43. The van der Waals surface area contributed by atoms with Gasteiger partial charge in [-0.25, -0.2) is 4.98 Å². The topological polar surface area (TPSA) is 69.6 Å². The molecule has 0 radical (unpaired) electrons. The number of aliphatic imine (C=N–C) groups is 1. The lowest BCUT2D eigenvalue weighted by Crippen LogP contribution is -2.44. The van der Waals surface area contributed by atoms with Crippen LogP contribution in [0, 0.1) is 0 Å². The first kappa shape index (κ1) is 22.7. The number of nitrogens with zero attached hydrogens (tertiary/aromatic N) is 3. The first-order valence-corrected chi connectivity index (χ1v) is 9.99. The van der Waals surface area contributed by atoms with E-state index in [0.717, 1.165) is 22.3 Å². The number of halogens is 3. The highest BCUT2D eigenvalue weighted by molar-refractivity contribution is 7.09. The number of likely N-dealkylation sites (N-methyl/N-ethyl adjacent to an activating group) is 1. The number of rotatable bonds is 8. The van der Waals surface area contributed by atoms with Gasteiger partial charge in [0.25, 0.3) is 0 Å². The molecule has 1 aromatic heterocycles. The Labute approximate surface area is 171 Å². The first-order chi connectivity index (χ1) is 13.8. The van der Waals surface area contributed by atoms with Crippen molar-refractivity contribution in [2.75, 3.05) is 26.7 Å². The summed E-state index contributed by atoms with van der Waals surface area (Å²) in [6.07, 6.45) is -4.10. The minimum absolute atomic E-state index is 0.0653. The van der Waals surface area contributed by atoms with Crippen molar-refractivity contribution in [3.8, 4) is 0 Å². The summed E-state index contributed by atoms with van der Waals surface area (Å²) in [5.41, 5.74) is 0.176. The second kappa shape index (κ2) is 10.8. The summed E-state index contributed by atoms with van der Waals surface area (Å²) >= 11 is 0.970. The van der Waals surface area contributed by atoms with Gasteiger partial charge in [0.2, 0.25) is 5.91 Å². The lowest BCUT2D eigenvalue weighted by Gasteiger charge is -2.22. The Bertz CT molecular complexity index is 808. The smallest absolute Gasteiger partial charge is 0.356 e. The Kier molecular flexibility index (Phi) is 8.44. The molecule has 2 rings (SSSR count). The monoisotopic (exact) mass is 427 g/mol. The average molecular weight is 427 g/mol. The van der Waals surface area contributed by atoms with Crippen molar-refractivity contribution in [3.05, 3.63) is 52.0 Å². The van der Waals surface area contributed by atoms with Gasteiger partial charge in [-0.1, -0.05) is 30.3 Å². The van der Waals surface area contributed by atoms with Crippen LogP contribution in [0.4, 0.5) is 13.2 Å². The molecule has 0 aliphatic carbocycles. The van der Waals surface area contributed by atoms with Gasteiger partial charge in [-0.15, -0.1) is 11.3 Å². The fourth-order valence-corrected chi connectivity index (χ4v) is 3.32. The van der Waals surface area contributed by atoms with Crippen LogP contribution in [0.25, 0.3) is 0 Å². The maximum atomic E-state index is 12.6. The molecule has 0 saturated carbocycles. The van der Waals surface area contributed by atoms with E-state index in [4.69, 9.17) is 0 Å². The number of carbonyl (C=O) groups excluding carboxylic acids is 1. The standard InChI is InChI=1S/C19H24F3N5OS/c1-3-27(12-14-7-5-4-6-8-14)17(28)11-25-18(23-2)24-10-9-16-26-15(13-29-16)19(20,21)22/h4-8,13H,3,9-12H2,1-2H3,(H2,23,24,25). The third kappa shape index (κ3) is 7.37. The van der Waals surface area contributed by atoms with Gasteiger partial charge in [0.15, 0.2) is 11.7 Å². The molecule has 6 nitrogen and oxygen atoms in total. The van der Waals surface area contributed by atoms with Crippen molar-refractivity contribution in [2.24, 2.45) is 4.99 Å². The lowest BCUT2D eigenvalue weighted by molar-refractivity contribution is -0.140. The highest BCUT2D eigenvalue weighted by Crippen LogP contribution is 2.29. The SMILES string of the molecule is CCN(Cc1ccccc1)C(=O)CNC(=NC)NCCc1nc(C(F)(F)F)cs1. The van der Waals surface area contributed by atoms with Gasteiger partial charge in [0.1, 0.15) is 0 Å². The predicted molar refractivity (Wildman–Crippen MR) is 108 cm³/mol. The van der Waals surface area contributed by atoms with Crippen molar-refractivity contribution in [2.45, 2.75) is 26.1 Å². The van der Waals surface area contributed by atoms with Crippen LogP contribution in [-0.2, 0) is 23.9 Å². The first-order valence-electron chi connectivity index (χ1n) is 9.11. The number of carbonyl (C=O) groups is 1. The molecule has 0 spiro atoms. The van der Waals surface area contributed by atoms with Crippen LogP contribution in [-0.4, -0.2) is 48.4 Å². The average Bonchev–Trinajstić information content (AvgIpc) is 3.18. The fourth-order valence-electron chi connectivity index (χ4n) is 2.52. The zero-order valence-corrected chi connectivity index (χ0v) is 17.1. The lowest BCUT2D eigenvalue weighted by atomic mass is 10.2. The van der Waals surface area contributed by atoms with Gasteiger partial charge in [0, 0.05) is 38.5 Å². The number of hydrogen-bond acceptors (Lipinski definition) is 4. The highest BCUT2D eigenvalue weighted by Gasteiger charge is 2.33. The van der Waals surface area contributed by atoms with Gasteiger partial charge in [-0.05, 0) is 12.5 Å².